The number of nitrogens with one attached hydrogen (secondary N) is 2. The maximum atomic E-state index is 14.3. The van der Waals surface area contributed by atoms with Gasteiger partial charge in [-0.05, 0) is 59.9 Å². The molecule has 0 bridgehead atoms. The topological polar surface area (TPSA) is 129 Å². The summed E-state index contributed by atoms with van der Waals surface area (Å²) in [5, 5.41) is 9.86. The van der Waals surface area contributed by atoms with E-state index in [-0.39, 0.29) is 17.5 Å². The first kappa shape index (κ1) is 31.0. The summed E-state index contributed by atoms with van der Waals surface area (Å²) >= 11 is 13.0. The van der Waals surface area contributed by atoms with E-state index in [4.69, 9.17) is 28.0 Å². The minimum atomic E-state index is -3.59. The lowest BCUT2D eigenvalue weighted by Gasteiger charge is -2.49. The molecule has 1 fully saturated rings. The molecule has 1 saturated carbocycles. The van der Waals surface area contributed by atoms with Crippen LogP contribution in [-0.4, -0.2) is 43.5 Å². The average Bonchev–Trinajstić information content (AvgIpc) is 2.97. The number of fused-ring (bicyclic) bond motifs is 1. The number of sulfonamides is 1. The van der Waals surface area contributed by atoms with E-state index < -0.39 is 40.0 Å². The molecule has 0 aromatic heterocycles. The van der Waals surface area contributed by atoms with Crippen LogP contribution in [0.4, 0.5) is 0 Å². The molecule has 2 aliphatic rings. The Kier molecular flexibility index (Phi) is 9.39. The average molecular weight is 642 g/mol. The lowest BCUT2D eigenvalue weighted by atomic mass is 9.76. The van der Waals surface area contributed by atoms with Crippen LogP contribution >= 0.6 is 23.2 Å². The van der Waals surface area contributed by atoms with Crippen molar-refractivity contribution in [3.05, 3.63) is 105 Å². The van der Waals surface area contributed by atoms with E-state index in [9.17, 15) is 23.3 Å². The Hall–Kier alpha value is -3.46. The molecule has 0 unspecified atom stereocenters. The van der Waals surface area contributed by atoms with Crippen LogP contribution in [0.1, 0.15) is 70.3 Å². The van der Waals surface area contributed by atoms with Gasteiger partial charge in [0.2, 0.25) is 10.0 Å². The summed E-state index contributed by atoms with van der Waals surface area (Å²) in [7, 11) is -3.59. The van der Waals surface area contributed by atoms with Gasteiger partial charge in [-0.3, -0.25) is 14.4 Å². The normalized spacial score (nSPS) is 22.0. The first-order valence-corrected chi connectivity index (χ1v) is 16.5. The van der Waals surface area contributed by atoms with Gasteiger partial charge in [-0.1, -0.05) is 72.4 Å². The lowest BCUT2D eigenvalue weighted by molar-refractivity contribution is -0.138. The molecular formula is C31H30Cl2N4O5S. The van der Waals surface area contributed by atoms with E-state index in [2.05, 4.69) is 16.3 Å². The second-order valence-corrected chi connectivity index (χ2v) is 13.4. The van der Waals surface area contributed by atoms with Crippen LogP contribution in [0, 0.1) is 11.3 Å². The number of hydrogen-bond acceptors (Lipinski definition) is 6. The van der Waals surface area contributed by atoms with E-state index >= 15 is 0 Å². The monoisotopic (exact) mass is 640 g/mol. The van der Waals surface area contributed by atoms with Gasteiger partial charge < -0.3 is 4.90 Å². The zero-order chi connectivity index (χ0) is 30.7. The third-order valence-electron chi connectivity index (χ3n) is 7.86. The Morgan fingerprint density at radius 1 is 1.05 bits per heavy atom. The molecule has 1 aliphatic carbocycles. The number of carbonyl (C=O) groups is 2. The summed E-state index contributed by atoms with van der Waals surface area (Å²) in [6, 6.07) is 18.7. The highest BCUT2D eigenvalue weighted by Crippen LogP contribution is 2.47. The van der Waals surface area contributed by atoms with Crippen LogP contribution in [-0.2, 0) is 26.3 Å². The molecule has 0 saturated heterocycles. The molecule has 43 heavy (non-hydrogen) atoms. The van der Waals surface area contributed by atoms with Crippen molar-refractivity contribution in [3.8, 4) is 6.07 Å². The van der Waals surface area contributed by atoms with E-state index in [0.29, 0.717) is 45.7 Å². The van der Waals surface area contributed by atoms with Crippen LogP contribution in [0.25, 0.3) is 0 Å². The fourth-order valence-electron chi connectivity index (χ4n) is 6.11. The smallest absolute Gasteiger partial charge is 0.255 e. The molecule has 3 aromatic rings. The third-order valence-corrected chi connectivity index (χ3v) is 9.15. The maximum absolute atomic E-state index is 14.3. The lowest BCUT2D eigenvalue weighted by Crippen LogP contribution is -2.59. The van der Waals surface area contributed by atoms with Gasteiger partial charge >= 0.3 is 0 Å². The van der Waals surface area contributed by atoms with Crippen LogP contribution < -0.4 is 10.2 Å². The third kappa shape index (κ3) is 6.87. The summed E-state index contributed by atoms with van der Waals surface area (Å²) < 4.78 is 27.4. The summed E-state index contributed by atoms with van der Waals surface area (Å²) in [4.78, 5) is 35.6. The van der Waals surface area contributed by atoms with E-state index in [1.165, 1.54) is 0 Å². The largest absolute Gasteiger partial charge is 0.326 e. The Morgan fingerprint density at radius 2 is 1.81 bits per heavy atom. The summed E-state index contributed by atoms with van der Waals surface area (Å²) in [5.74, 6) is -1.79. The number of rotatable bonds is 8. The fourth-order valence-corrected chi connectivity index (χ4v) is 7.46. The Bertz CT molecular complexity index is 1690. The first-order chi connectivity index (χ1) is 20.6. The van der Waals surface area contributed by atoms with Crippen molar-refractivity contribution >= 4 is 45.0 Å². The van der Waals surface area contributed by atoms with E-state index in [0.717, 1.165) is 19.1 Å². The predicted molar refractivity (Wildman–Crippen MR) is 163 cm³/mol. The molecule has 2 amide bonds. The van der Waals surface area contributed by atoms with Gasteiger partial charge in [-0.25, -0.2) is 18.6 Å². The SMILES string of the molecule is CS(=O)(=O)N[C@H]1CCCC[C@@H]1N1C(=O)c2ccccc2[C@@H](C(=O)NOCc2cccc(C#N)c2)[C@@H]1c1ccc(Cl)cc1Cl. The number of nitrogens with zero attached hydrogens (tertiary/aromatic N) is 2. The van der Waals surface area contributed by atoms with Gasteiger partial charge in [0.25, 0.3) is 11.8 Å². The second kappa shape index (κ2) is 13.0. The summed E-state index contributed by atoms with van der Waals surface area (Å²) in [5.41, 5.74) is 5.05. The van der Waals surface area contributed by atoms with Crippen molar-refractivity contribution < 1.29 is 22.8 Å². The number of hydrogen-bond donors (Lipinski definition) is 2. The summed E-state index contributed by atoms with van der Waals surface area (Å²) in [6.45, 7) is 0.00756. The van der Waals surface area contributed by atoms with Crippen molar-refractivity contribution in [2.75, 3.05) is 6.26 Å². The molecule has 5 rings (SSSR count). The fraction of sp³-hybridized carbons (Fsp3) is 0.323. The van der Waals surface area contributed by atoms with Crippen molar-refractivity contribution in [1.29, 1.82) is 5.26 Å². The molecule has 2 N–H and O–H groups in total. The highest BCUT2D eigenvalue weighted by Gasteiger charge is 2.49. The molecule has 1 heterocycles. The number of nitriles is 1. The number of carbonyl (C=O) groups excluding carboxylic acids is 2. The molecule has 3 aromatic carbocycles. The van der Waals surface area contributed by atoms with Crippen molar-refractivity contribution in [3.63, 3.8) is 0 Å². The molecule has 4 atom stereocenters. The molecule has 0 radical (unpaired) electrons. The molecular weight excluding hydrogens is 611 g/mol. The van der Waals surface area contributed by atoms with Crippen LogP contribution in [0.5, 0.6) is 0 Å². The number of amides is 2. The molecule has 9 nitrogen and oxygen atoms in total. The standard InChI is InChI=1S/C31H30Cl2N4O5S/c1-43(40,41)36-26-11-4-5-12-27(26)37-29(24-14-13-21(32)16-25(24)33)28(22-9-2-3-10-23(22)31(37)39)30(38)35-42-18-20-8-6-7-19(15-20)17-34/h2-3,6-10,13-16,26-29,36H,4-5,11-12,18H2,1H3,(H,35,38)/t26-,27-,28+,29-/m0/s1. The maximum Gasteiger partial charge on any atom is 0.255 e. The summed E-state index contributed by atoms with van der Waals surface area (Å²) in [6.07, 6.45) is 3.73. The van der Waals surface area contributed by atoms with Crippen molar-refractivity contribution in [2.24, 2.45) is 0 Å². The highest BCUT2D eigenvalue weighted by atomic mass is 35.5. The molecule has 12 heteroatoms. The zero-order valence-electron chi connectivity index (χ0n) is 23.3. The van der Waals surface area contributed by atoms with E-state index in [1.54, 1.807) is 71.6 Å². The Labute approximate surface area is 260 Å². The Morgan fingerprint density at radius 3 is 2.56 bits per heavy atom. The van der Waals surface area contributed by atoms with Crippen LogP contribution in [0.2, 0.25) is 10.0 Å². The van der Waals surface area contributed by atoms with Crippen molar-refractivity contribution in [2.45, 2.75) is 56.3 Å². The molecule has 1 aliphatic heterocycles. The van der Waals surface area contributed by atoms with Gasteiger partial charge in [-0.15, -0.1) is 0 Å². The predicted octanol–water partition coefficient (Wildman–Crippen LogP) is 5.25. The van der Waals surface area contributed by atoms with E-state index in [1.807, 2.05) is 0 Å². The zero-order valence-corrected chi connectivity index (χ0v) is 25.6. The molecule has 0 spiro atoms. The number of benzene rings is 3. The van der Waals surface area contributed by atoms with Gasteiger partial charge in [0.05, 0.1) is 36.5 Å². The van der Waals surface area contributed by atoms with Gasteiger partial charge in [-0.2, -0.15) is 5.26 Å². The number of halogens is 2. The second-order valence-electron chi connectivity index (χ2n) is 10.8. The van der Waals surface area contributed by atoms with Crippen molar-refractivity contribution in [1.82, 2.24) is 15.1 Å². The quantitative estimate of drug-likeness (QED) is 0.323. The van der Waals surface area contributed by atoms with Gasteiger partial charge in [0.15, 0.2) is 0 Å². The minimum Gasteiger partial charge on any atom is -0.326 e. The van der Waals surface area contributed by atoms with Crippen LogP contribution in [0.15, 0.2) is 66.7 Å². The minimum absolute atomic E-state index is 0.00756. The van der Waals surface area contributed by atoms with Gasteiger partial charge in [0.1, 0.15) is 0 Å². The van der Waals surface area contributed by atoms with Crippen LogP contribution in [0.3, 0.4) is 0 Å². The first-order valence-electron chi connectivity index (χ1n) is 13.8. The number of hydroxylamine groups is 1. The molecule has 224 valence electrons. The highest BCUT2D eigenvalue weighted by molar-refractivity contribution is 7.88. The van der Waals surface area contributed by atoms with Gasteiger partial charge in [0, 0.05) is 27.7 Å². The Balaban J connectivity index is 1.58.